The number of carboxylic acids is 2. The summed E-state index contributed by atoms with van der Waals surface area (Å²) in [5, 5.41) is 17.9. The molecule has 0 aliphatic heterocycles. The molecule has 2 aromatic rings. The van der Waals surface area contributed by atoms with Gasteiger partial charge in [-0.3, -0.25) is 0 Å². The third kappa shape index (κ3) is 3.45. The summed E-state index contributed by atoms with van der Waals surface area (Å²) in [7, 11) is 0. The van der Waals surface area contributed by atoms with Crippen molar-refractivity contribution in [2.24, 2.45) is 0 Å². The first-order chi connectivity index (χ1) is 9.56. The number of aryl methyl sites for hydroxylation is 2. The Morgan fingerprint density at radius 3 is 1.50 bits per heavy atom. The summed E-state index contributed by atoms with van der Waals surface area (Å²) in [6.45, 7) is 0. The van der Waals surface area contributed by atoms with E-state index in [4.69, 9.17) is 10.2 Å². The Bertz CT molecular complexity index is 589. The molecular weight excluding hydrogens is 256 g/mol. The van der Waals surface area contributed by atoms with Crippen molar-refractivity contribution in [3.05, 3.63) is 70.8 Å². The predicted molar refractivity (Wildman–Crippen MR) is 74.2 cm³/mol. The van der Waals surface area contributed by atoms with Crippen LogP contribution in [0.4, 0.5) is 0 Å². The van der Waals surface area contributed by atoms with Crippen LogP contribution in [0.25, 0.3) is 0 Å². The highest BCUT2D eigenvalue weighted by atomic mass is 16.4. The van der Waals surface area contributed by atoms with Crippen LogP contribution in [0, 0.1) is 0 Å². The average molecular weight is 270 g/mol. The van der Waals surface area contributed by atoms with Crippen molar-refractivity contribution >= 4 is 11.9 Å². The highest BCUT2D eigenvalue weighted by Crippen LogP contribution is 2.11. The van der Waals surface area contributed by atoms with Crippen LogP contribution < -0.4 is 0 Å². The lowest BCUT2D eigenvalue weighted by Crippen LogP contribution is -2.00. The molecule has 0 aliphatic rings. The number of hydrogen-bond acceptors (Lipinski definition) is 2. The molecule has 4 heteroatoms. The van der Waals surface area contributed by atoms with Gasteiger partial charge in [0.2, 0.25) is 0 Å². The molecule has 0 heterocycles. The van der Waals surface area contributed by atoms with Gasteiger partial charge in [0.15, 0.2) is 0 Å². The number of benzene rings is 2. The fraction of sp³-hybridized carbons (Fsp3) is 0.125. The number of aromatic carboxylic acids is 2. The van der Waals surface area contributed by atoms with E-state index in [0.29, 0.717) is 12.8 Å². The average Bonchev–Trinajstić information content (AvgIpc) is 2.45. The first kappa shape index (κ1) is 13.8. The van der Waals surface area contributed by atoms with E-state index in [9.17, 15) is 9.59 Å². The second-order valence-electron chi connectivity index (χ2n) is 4.51. The van der Waals surface area contributed by atoms with Gasteiger partial charge in [-0.15, -0.1) is 0 Å². The number of carboxylic acid groups (broad SMARTS) is 2. The molecule has 0 radical (unpaired) electrons. The molecule has 0 aliphatic carbocycles. The Balaban J connectivity index is 2.08. The van der Waals surface area contributed by atoms with Crippen LogP contribution in [0.3, 0.4) is 0 Å². The Kier molecular flexibility index (Phi) is 4.15. The molecule has 2 aromatic carbocycles. The molecular formula is C16H14O4. The molecule has 0 amide bonds. The van der Waals surface area contributed by atoms with Crippen LogP contribution in [-0.4, -0.2) is 22.2 Å². The van der Waals surface area contributed by atoms with Gasteiger partial charge in [-0.05, 0) is 48.2 Å². The van der Waals surface area contributed by atoms with Crippen molar-refractivity contribution in [2.45, 2.75) is 12.8 Å². The predicted octanol–water partition coefficient (Wildman–Crippen LogP) is 2.87. The minimum Gasteiger partial charge on any atom is -0.478 e. The van der Waals surface area contributed by atoms with Gasteiger partial charge >= 0.3 is 11.9 Å². The molecule has 0 unspecified atom stereocenters. The Hall–Kier alpha value is -2.62. The Morgan fingerprint density at radius 1 is 0.750 bits per heavy atom. The van der Waals surface area contributed by atoms with Gasteiger partial charge in [-0.2, -0.15) is 0 Å². The lowest BCUT2D eigenvalue weighted by molar-refractivity contribution is 0.0686. The summed E-state index contributed by atoms with van der Waals surface area (Å²) in [4.78, 5) is 21.8. The highest BCUT2D eigenvalue weighted by Gasteiger charge is 2.05. The minimum atomic E-state index is -0.945. The molecule has 0 fully saturated rings. The number of carbonyl (C=O) groups is 2. The van der Waals surface area contributed by atoms with Gasteiger partial charge in [-0.1, -0.05) is 24.3 Å². The zero-order valence-electron chi connectivity index (χ0n) is 10.7. The van der Waals surface area contributed by atoms with Crippen LogP contribution in [-0.2, 0) is 12.8 Å². The monoisotopic (exact) mass is 270 g/mol. The van der Waals surface area contributed by atoms with E-state index in [1.54, 1.807) is 36.4 Å². The third-order valence-corrected chi connectivity index (χ3v) is 3.05. The van der Waals surface area contributed by atoms with E-state index >= 15 is 0 Å². The van der Waals surface area contributed by atoms with E-state index in [0.717, 1.165) is 11.1 Å². The van der Waals surface area contributed by atoms with Gasteiger partial charge in [0, 0.05) is 0 Å². The molecule has 20 heavy (non-hydrogen) atoms. The summed E-state index contributed by atoms with van der Waals surface area (Å²) in [6.07, 6.45) is 1.34. The summed E-state index contributed by atoms with van der Waals surface area (Å²) in [5.41, 5.74) is 2.37. The zero-order valence-corrected chi connectivity index (χ0v) is 10.7. The molecule has 0 spiro atoms. The topological polar surface area (TPSA) is 74.6 Å². The van der Waals surface area contributed by atoms with E-state index in [1.165, 1.54) is 0 Å². The van der Waals surface area contributed by atoms with Gasteiger partial charge in [0.25, 0.3) is 0 Å². The van der Waals surface area contributed by atoms with Crippen molar-refractivity contribution < 1.29 is 19.8 Å². The van der Waals surface area contributed by atoms with Crippen molar-refractivity contribution in [2.75, 3.05) is 0 Å². The molecule has 0 aromatic heterocycles. The second-order valence-corrected chi connectivity index (χ2v) is 4.51. The first-order valence-electron chi connectivity index (χ1n) is 6.21. The smallest absolute Gasteiger partial charge is 0.335 e. The van der Waals surface area contributed by atoms with Crippen molar-refractivity contribution in [1.29, 1.82) is 0 Å². The van der Waals surface area contributed by atoms with Crippen molar-refractivity contribution in [3.8, 4) is 0 Å². The van der Waals surface area contributed by atoms with Gasteiger partial charge < -0.3 is 10.2 Å². The van der Waals surface area contributed by atoms with Crippen LogP contribution in [0.15, 0.2) is 48.5 Å². The summed E-state index contributed by atoms with van der Waals surface area (Å²) in [5.74, 6) is -1.89. The molecule has 0 saturated heterocycles. The molecule has 0 atom stereocenters. The third-order valence-electron chi connectivity index (χ3n) is 3.05. The van der Waals surface area contributed by atoms with Gasteiger partial charge in [0.1, 0.15) is 0 Å². The Labute approximate surface area is 116 Å². The summed E-state index contributed by atoms with van der Waals surface area (Å²) < 4.78 is 0. The van der Waals surface area contributed by atoms with E-state index in [-0.39, 0.29) is 11.1 Å². The van der Waals surface area contributed by atoms with Crippen LogP contribution >= 0.6 is 0 Å². The van der Waals surface area contributed by atoms with Gasteiger partial charge in [-0.25, -0.2) is 9.59 Å². The maximum atomic E-state index is 10.9. The SMILES string of the molecule is O=C(O)c1cccc(CCc2cccc(C(=O)O)c2)c1. The molecule has 4 nitrogen and oxygen atoms in total. The summed E-state index contributed by atoms with van der Waals surface area (Å²) >= 11 is 0. The van der Waals surface area contributed by atoms with Gasteiger partial charge in [0.05, 0.1) is 11.1 Å². The second kappa shape index (κ2) is 6.02. The molecule has 0 bridgehead atoms. The quantitative estimate of drug-likeness (QED) is 0.876. The fourth-order valence-corrected chi connectivity index (χ4v) is 2.01. The number of rotatable bonds is 5. The van der Waals surface area contributed by atoms with Crippen LogP contribution in [0.2, 0.25) is 0 Å². The van der Waals surface area contributed by atoms with Crippen LogP contribution in [0.1, 0.15) is 31.8 Å². The molecule has 102 valence electrons. The maximum Gasteiger partial charge on any atom is 0.335 e. The standard InChI is InChI=1S/C16H14O4/c17-15(18)13-5-1-3-11(9-13)7-8-12-4-2-6-14(10-12)16(19)20/h1-6,9-10H,7-8H2,(H,17,18)(H,19,20). The number of hydrogen-bond donors (Lipinski definition) is 2. The fourth-order valence-electron chi connectivity index (χ4n) is 2.01. The normalized spacial score (nSPS) is 10.2. The maximum absolute atomic E-state index is 10.9. The van der Waals surface area contributed by atoms with Crippen molar-refractivity contribution in [3.63, 3.8) is 0 Å². The molecule has 0 saturated carbocycles. The zero-order chi connectivity index (χ0) is 14.5. The van der Waals surface area contributed by atoms with E-state index in [2.05, 4.69) is 0 Å². The lowest BCUT2D eigenvalue weighted by atomic mass is 10.0. The lowest BCUT2D eigenvalue weighted by Gasteiger charge is -2.04. The van der Waals surface area contributed by atoms with E-state index < -0.39 is 11.9 Å². The highest BCUT2D eigenvalue weighted by molar-refractivity contribution is 5.88. The Morgan fingerprint density at radius 2 is 1.15 bits per heavy atom. The molecule has 2 rings (SSSR count). The van der Waals surface area contributed by atoms with E-state index in [1.807, 2.05) is 12.1 Å². The first-order valence-corrected chi connectivity index (χ1v) is 6.21. The minimum absolute atomic E-state index is 0.266. The molecule has 2 N–H and O–H groups in total. The summed E-state index contributed by atoms with van der Waals surface area (Å²) in [6, 6.07) is 13.6. The van der Waals surface area contributed by atoms with Crippen molar-refractivity contribution in [1.82, 2.24) is 0 Å². The van der Waals surface area contributed by atoms with Crippen LogP contribution in [0.5, 0.6) is 0 Å². The largest absolute Gasteiger partial charge is 0.478 e.